The van der Waals surface area contributed by atoms with E-state index < -0.39 is 0 Å². The largest absolute Gasteiger partial charge is 0.467 e. The SMILES string of the molecule is COc1nc(OC)nc(N2CCN(c3cc(N4CCN(C)CC4)nc(C)n3)CC2)n1. The lowest BCUT2D eigenvalue weighted by atomic mass is 10.3. The molecule has 2 aliphatic heterocycles. The molecule has 4 rings (SSSR count). The minimum Gasteiger partial charge on any atom is -0.467 e. The van der Waals surface area contributed by atoms with Gasteiger partial charge in [-0.05, 0) is 14.0 Å². The van der Waals surface area contributed by atoms with Gasteiger partial charge in [0.15, 0.2) is 0 Å². The van der Waals surface area contributed by atoms with Crippen LogP contribution in [0.2, 0.25) is 0 Å². The van der Waals surface area contributed by atoms with Crippen molar-refractivity contribution in [2.75, 3.05) is 88.3 Å². The maximum absolute atomic E-state index is 5.17. The molecule has 0 amide bonds. The Kier molecular flexibility index (Phi) is 5.98. The molecule has 0 atom stereocenters. The molecule has 11 heteroatoms. The molecule has 30 heavy (non-hydrogen) atoms. The molecule has 11 nitrogen and oxygen atoms in total. The zero-order valence-corrected chi connectivity index (χ0v) is 18.1. The van der Waals surface area contributed by atoms with E-state index >= 15 is 0 Å². The highest BCUT2D eigenvalue weighted by atomic mass is 16.5. The summed E-state index contributed by atoms with van der Waals surface area (Å²) in [6, 6.07) is 2.62. The first-order valence-electron chi connectivity index (χ1n) is 10.2. The third-order valence-corrected chi connectivity index (χ3v) is 5.47. The second-order valence-electron chi connectivity index (χ2n) is 7.50. The number of likely N-dealkylation sites (N-methyl/N-ethyl adjacent to an activating group) is 1. The lowest BCUT2D eigenvalue weighted by Crippen LogP contribution is -2.48. The van der Waals surface area contributed by atoms with Crippen LogP contribution in [0.3, 0.4) is 0 Å². The van der Waals surface area contributed by atoms with Crippen LogP contribution in [0, 0.1) is 6.92 Å². The van der Waals surface area contributed by atoms with Crippen molar-refractivity contribution >= 4 is 17.6 Å². The fourth-order valence-corrected chi connectivity index (χ4v) is 3.68. The topological polar surface area (TPSA) is 95.9 Å². The average Bonchev–Trinajstić information content (AvgIpc) is 2.79. The summed E-state index contributed by atoms with van der Waals surface area (Å²) in [4.78, 5) is 31.3. The summed E-state index contributed by atoms with van der Waals surface area (Å²) in [7, 11) is 5.23. The van der Waals surface area contributed by atoms with Crippen LogP contribution in [0.4, 0.5) is 17.6 Å². The molecule has 0 bridgehead atoms. The minimum atomic E-state index is 0.252. The molecular weight excluding hydrogens is 386 g/mol. The van der Waals surface area contributed by atoms with Crippen molar-refractivity contribution in [1.82, 2.24) is 29.8 Å². The van der Waals surface area contributed by atoms with Crippen LogP contribution in [0.5, 0.6) is 12.0 Å². The van der Waals surface area contributed by atoms with Crippen molar-refractivity contribution in [3.63, 3.8) is 0 Å². The Morgan fingerprint density at radius 2 is 1.13 bits per heavy atom. The van der Waals surface area contributed by atoms with E-state index in [4.69, 9.17) is 14.5 Å². The predicted octanol–water partition coefficient (Wildman–Crippen LogP) is 0.0656. The van der Waals surface area contributed by atoms with Crippen LogP contribution in [0.1, 0.15) is 5.82 Å². The van der Waals surface area contributed by atoms with Gasteiger partial charge in [0, 0.05) is 58.4 Å². The first kappa shape index (κ1) is 20.3. The number of rotatable bonds is 5. The Hall–Kier alpha value is -2.95. The molecule has 2 aromatic heterocycles. The van der Waals surface area contributed by atoms with Gasteiger partial charge < -0.3 is 29.1 Å². The molecule has 162 valence electrons. The molecule has 0 saturated carbocycles. The quantitative estimate of drug-likeness (QED) is 0.663. The summed E-state index contributed by atoms with van der Waals surface area (Å²) < 4.78 is 10.3. The number of piperazine rings is 2. The standard InChI is InChI=1S/C19H29N9O2/c1-14-20-15(26-7-5-25(2)6-8-26)13-16(21-14)27-9-11-28(12-10-27)17-22-18(29-3)24-19(23-17)30-4/h13H,5-12H2,1-4H3. The van der Waals surface area contributed by atoms with Crippen LogP contribution < -0.4 is 24.2 Å². The molecule has 0 spiro atoms. The number of ether oxygens (including phenoxy) is 2. The molecule has 2 saturated heterocycles. The van der Waals surface area contributed by atoms with Gasteiger partial charge in [-0.3, -0.25) is 0 Å². The van der Waals surface area contributed by atoms with Crippen LogP contribution in [0.25, 0.3) is 0 Å². The van der Waals surface area contributed by atoms with Crippen LogP contribution >= 0.6 is 0 Å². The fraction of sp³-hybridized carbons (Fsp3) is 0.632. The molecule has 2 fully saturated rings. The fourth-order valence-electron chi connectivity index (χ4n) is 3.68. The Bertz CT molecular complexity index is 843. The average molecular weight is 416 g/mol. The van der Waals surface area contributed by atoms with Crippen LogP contribution in [0.15, 0.2) is 6.07 Å². The highest BCUT2D eigenvalue weighted by Crippen LogP contribution is 2.23. The molecule has 0 N–H and O–H groups in total. The number of hydrogen-bond acceptors (Lipinski definition) is 11. The van der Waals surface area contributed by atoms with Gasteiger partial charge >= 0.3 is 12.0 Å². The van der Waals surface area contributed by atoms with Gasteiger partial charge in [0.2, 0.25) is 5.95 Å². The van der Waals surface area contributed by atoms with Gasteiger partial charge in [-0.2, -0.15) is 9.97 Å². The first-order chi connectivity index (χ1) is 14.6. The maximum Gasteiger partial charge on any atom is 0.324 e. The van der Waals surface area contributed by atoms with E-state index in [9.17, 15) is 0 Å². The maximum atomic E-state index is 5.17. The molecule has 0 aromatic carbocycles. The van der Waals surface area contributed by atoms with Crippen molar-refractivity contribution in [1.29, 1.82) is 0 Å². The van der Waals surface area contributed by atoms with E-state index in [1.54, 1.807) is 0 Å². The van der Waals surface area contributed by atoms with Crippen molar-refractivity contribution in [2.45, 2.75) is 6.92 Å². The van der Waals surface area contributed by atoms with Gasteiger partial charge in [0.05, 0.1) is 14.2 Å². The normalized spacial score (nSPS) is 17.9. The van der Waals surface area contributed by atoms with Gasteiger partial charge in [-0.25, -0.2) is 9.97 Å². The van der Waals surface area contributed by atoms with E-state index in [1.807, 2.05) is 6.92 Å². The second kappa shape index (κ2) is 8.82. The molecule has 0 unspecified atom stereocenters. The lowest BCUT2D eigenvalue weighted by Gasteiger charge is -2.36. The molecule has 2 aromatic rings. The molecule has 0 radical (unpaired) electrons. The monoisotopic (exact) mass is 415 g/mol. The summed E-state index contributed by atoms with van der Waals surface area (Å²) in [5, 5.41) is 0. The van der Waals surface area contributed by atoms with Crippen molar-refractivity contribution in [3.05, 3.63) is 11.9 Å². The number of anilines is 3. The van der Waals surface area contributed by atoms with E-state index in [1.165, 1.54) is 14.2 Å². The number of methoxy groups -OCH3 is 2. The van der Waals surface area contributed by atoms with Gasteiger partial charge in [-0.15, -0.1) is 4.98 Å². The number of aromatic nitrogens is 5. The smallest absolute Gasteiger partial charge is 0.324 e. The van der Waals surface area contributed by atoms with Gasteiger partial charge in [0.1, 0.15) is 17.5 Å². The van der Waals surface area contributed by atoms with Gasteiger partial charge in [0.25, 0.3) is 0 Å². The second-order valence-corrected chi connectivity index (χ2v) is 7.50. The first-order valence-corrected chi connectivity index (χ1v) is 10.2. The summed E-state index contributed by atoms with van der Waals surface area (Å²) in [6.07, 6.45) is 0. The number of hydrogen-bond donors (Lipinski definition) is 0. The molecule has 0 aliphatic carbocycles. The summed E-state index contributed by atoms with van der Waals surface area (Å²) in [6.45, 7) is 9.21. The van der Waals surface area contributed by atoms with Gasteiger partial charge in [-0.1, -0.05) is 0 Å². The highest BCUT2D eigenvalue weighted by Gasteiger charge is 2.23. The van der Waals surface area contributed by atoms with E-state index in [0.717, 1.165) is 69.8 Å². The Balaban J connectivity index is 1.45. The van der Waals surface area contributed by atoms with Crippen LogP contribution in [-0.4, -0.2) is 103 Å². The molecule has 2 aliphatic rings. The lowest BCUT2D eigenvalue weighted by molar-refractivity contribution is 0.312. The van der Waals surface area contributed by atoms with E-state index in [2.05, 4.69) is 52.6 Å². The summed E-state index contributed by atoms with van der Waals surface area (Å²) in [5.74, 6) is 3.35. The highest BCUT2D eigenvalue weighted by molar-refractivity contribution is 5.52. The number of aryl methyl sites for hydroxylation is 1. The zero-order chi connectivity index (χ0) is 21.1. The molecular formula is C19H29N9O2. The van der Waals surface area contributed by atoms with Crippen LogP contribution in [-0.2, 0) is 0 Å². The Morgan fingerprint density at radius 1 is 0.667 bits per heavy atom. The summed E-state index contributed by atoms with van der Waals surface area (Å²) >= 11 is 0. The predicted molar refractivity (Wildman–Crippen MR) is 114 cm³/mol. The third kappa shape index (κ3) is 4.45. The molecule has 4 heterocycles. The minimum absolute atomic E-state index is 0.252. The summed E-state index contributed by atoms with van der Waals surface area (Å²) in [5.41, 5.74) is 0. The zero-order valence-electron chi connectivity index (χ0n) is 18.1. The third-order valence-electron chi connectivity index (χ3n) is 5.47. The van der Waals surface area contributed by atoms with E-state index in [-0.39, 0.29) is 12.0 Å². The Labute approximate surface area is 176 Å². The van der Waals surface area contributed by atoms with Crippen molar-refractivity contribution in [3.8, 4) is 12.0 Å². The van der Waals surface area contributed by atoms with E-state index in [0.29, 0.717) is 5.95 Å². The van der Waals surface area contributed by atoms with Crippen molar-refractivity contribution in [2.24, 2.45) is 0 Å². The Morgan fingerprint density at radius 3 is 1.63 bits per heavy atom. The number of nitrogens with zero attached hydrogens (tertiary/aromatic N) is 9. The van der Waals surface area contributed by atoms with Crippen molar-refractivity contribution < 1.29 is 9.47 Å².